The third kappa shape index (κ3) is 2.83. The second kappa shape index (κ2) is 5.89. The maximum Gasteiger partial charge on any atom is 0.214 e. The van der Waals surface area contributed by atoms with E-state index in [0.29, 0.717) is 6.04 Å². The molecule has 2 aromatic heterocycles. The van der Waals surface area contributed by atoms with Crippen LogP contribution < -0.4 is 5.32 Å². The highest BCUT2D eigenvalue weighted by Crippen LogP contribution is 2.27. The van der Waals surface area contributed by atoms with Crippen molar-refractivity contribution >= 4 is 33.0 Å². The van der Waals surface area contributed by atoms with Gasteiger partial charge in [0.05, 0.1) is 11.9 Å². The molecule has 1 N–H and O–H groups in total. The van der Waals surface area contributed by atoms with Crippen LogP contribution in [0.1, 0.15) is 32.1 Å². The van der Waals surface area contributed by atoms with E-state index in [2.05, 4.69) is 15.4 Å². The molecule has 0 saturated heterocycles. The number of hydrogen-bond acceptors (Lipinski definition) is 4. The Kier molecular flexibility index (Phi) is 3.76. The van der Waals surface area contributed by atoms with E-state index >= 15 is 0 Å². The van der Waals surface area contributed by atoms with E-state index in [1.54, 1.807) is 11.3 Å². The normalized spacial score (nSPS) is 16.2. The molecule has 0 amide bonds. The summed E-state index contributed by atoms with van der Waals surface area (Å²) in [6.07, 6.45) is 8.47. The van der Waals surface area contributed by atoms with E-state index in [9.17, 15) is 0 Å². The number of rotatable bonds is 3. The molecule has 0 aliphatic heterocycles. The van der Waals surface area contributed by atoms with Gasteiger partial charge in [-0.15, -0.1) is 5.10 Å². The highest BCUT2D eigenvalue weighted by atomic mass is 35.5. The van der Waals surface area contributed by atoms with Crippen LogP contribution in [-0.4, -0.2) is 20.6 Å². The zero-order chi connectivity index (χ0) is 14.9. The number of aromatic nitrogens is 3. The predicted molar refractivity (Wildman–Crippen MR) is 91.8 cm³/mol. The average molecular weight is 333 g/mol. The van der Waals surface area contributed by atoms with Crippen LogP contribution in [-0.2, 0) is 0 Å². The Labute approximate surface area is 138 Å². The number of imidazole rings is 1. The number of nitrogens with one attached hydrogen (secondary N) is 1. The predicted octanol–water partition coefficient (Wildman–Crippen LogP) is 4.86. The molecule has 114 valence electrons. The Balaban J connectivity index is 1.55. The van der Waals surface area contributed by atoms with Gasteiger partial charge in [0, 0.05) is 16.6 Å². The van der Waals surface area contributed by atoms with Crippen LogP contribution >= 0.6 is 22.9 Å². The second-order valence-corrected chi connectivity index (χ2v) is 7.14. The fraction of sp³-hybridized carbons (Fsp3) is 0.375. The van der Waals surface area contributed by atoms with E-state index < -0.39 is 0 Å². The molecule has 1 aliphatic carbocycles. The first-order valence-corrected chi connectivity index (χ1v) is 8.86. The molecule has 0 bridgehead atoms. The van der Waals surface area contributed by atoms with Gasteiger partial charge in [-0.05, 0) is 25.0 Å². The molecule has 0 unspecified atom stereocenters. The number of fused-ring (bicyclic) bond motifs is 1. The molecular formula is C16H17ClN4S. The first kappa shape index (κ1) is 14.0. The maximum atomic E-state index is 5.93. The third-order valence-corrected chi connectivity index (χ3v) is 5.22. The van der Waals surface area contributed by atoms with Crippen LogP contribution in [0.25, 0.3) is 16.2 Å². The summed E-state index contributed by atoms with van der Waals surface area (Å²) in [5, 5.41) is 9.87. The molecule has 3 aromatic rings. The Morgan fingerprint density at radius 1 is 1.14 bits per heavy atom. The van der Waals surface area contributed by atoms with Gasteiger partial charge in [0.25, 0.3) is 0 Å². The lowest BCUT2D eigenvalue weighted by molar-refractivity contribution is 0.462. The van der Waals surface area contributed by atoms with E-state index in [-0.39, 0.29) is 0 Å². The topological polar surface area (TPSA) is 42.2 Å². The van der Waals surface area contributed by atoms with Gasteiger partial charge in [-0.3, -0.25) is 0 Å². The molecule has 1 aromatic carbocycles. The highest BCUT2D eigenvalue weighted by molar-refractivity contribution is 7.20. The molecule has 22 heavy (non-hydrogen) atoms. The Hall–Kier alpha value is -1.59. The van der Waals surface area contributed by atoms with Gasteiger partial charge in [0.2, 0.25) is 10.1 Å². The van der Waals surface area contributed by atoms with Gasteiger partial charge in [-0.25, -0.2) is 9.50 Å². The smallest absolute Gasteiger partial charge is 0.214 e. The summed E-state index contributed by atoms with van der Waals surface area (Å²) >= 11 is 7.54. The van der Waals surface area contributed by atoms with Crippen LogP contribution in [0.3, 0.4) is 0 Å². The van der Waals surface area contributed by atoms with Gasteiger partial charge >= 0.3 is 0 Å². The monoisotopic (exact) mass is 332 g/mol. The molecule has 1 aliphatic rings. The van der Waals surface area contributed by atoms with Crippen molar-refractivity contribution in [2.45, 2.75) is 38.1 Å². The van der Waals surface area contributed by atoms with Crippen molar-refractivity contribution in [1.82, 2.24) is 14.6 Å². The Morgan fingerprint density at radius 3 is 2.64 bits per heavy atom. The second-order valence-electron chi connectivity index (χ2n) is 5.75. The molecule has 0 atom stereocenters. The number of benzene rings is 1. The zero-order valence-electron chi connectivity index (χ0n) is 12.1. The van der Waals surface area contributed by atoms with Gasteiger partial charge < -0.3 is 5.32 Å². The maximum absolute atomic E-state index is 5.93. The zero-order valence-corrected chi connectivity index (χ0v) is 13.7. The summed E-state index contributed by atoms with van der Waals surface area (Å²) < 4.78 is 1.86. The first-order chi connectivity index (χ1) is 10.8. The lowest BCUT2D eigenvalue weighted by Gasteiger charge is -2.21. The standard InChI is InChI=1S/C16H17ClN4S/c17-12-8-6-11(7-9-12)14-10-21-16(19-14)22-15(20-21)18-13-4-2-1-3-5-13/h6-10,13H,1-5H2,(H,18,20). The van der Waals surface area contributed by atoms with Crippen molar-refractivity contribution in [3.05, 3.63) is 35.5 Å². The summed E-state index contributed by atoms with van der Waals surface area (Å²) in [5.41, 5.74) is 1.99. The molecule has 6 heteroatoms. The number of hydrogen-bond donors (Lipinski definition) is 1. The van der Waals surface area contributed by atoms with Crippen molar-refractivity contribution in [2.24, 2.45) is 0 Å². The minimum absolute atomic E-state index is 0.570. The summed E-state index contributed by atoms with van der Waals surface area (Å²) in [6.45, 7) is 0. The van der Waals surface area contributed by atoms with Crippen LogP contribution in [0.5, 0.6) is 0 Å². The molecule has 0 radical (unpaired) electrons. The molecule has 1 fully saturated rings. The summed E-state index contributed by atoms with van der Waals surface area (Å²) in [6, 6.07) is 8.30. The van der Waals surface area contributed by atoms with Gasteiger partial charge in [0.1, 0.15) is 0 Å². The van der Waals surface area contributed by atoms with Crippen molar-refractivity contribution in [1.29, 1.82) is 0 Å². The van der Waals surface area contributed by atoms with Gasteiger partial charge in [-0.2, -0.15) is 0 Å². The van der Waals surface area contributed by atoms with Crippen molar-refractivity contribution < 1.29 is 0 Å². The molecular weight excluding hydrogens is 316 g/mol. The molecule has 2 heterocycles. The lowest BCUT2D eigenvalue weighted by Crippen LogP contribution is -2.22. The summed E-state index contributed by atoms with van der Waals surface area (Å²) in [5.74, 6) is 0. The Bertz CT molecular complexity index is 740. The molecule has 0 spiro atoms. The minimum atomic E-state index is 0.570. The van der Waals surface area contributed by atoms with Crippen molar-refractivity contribution in [3.8, 4) is 11.3 Å². The molecule has 1 saturated carbocycles. The summed E-state index contributed by atoms with van der Waals surface area (Å²) in [4.78, 5) is 5.58. The number of anilines is 1. The lowest BCUT2D eigenvalue weighted by atomic mass is 9.96. The van der Waals surface area contributed by atoms with Gasteiger partial charge in [0.15, 0.2) is 0 Å². The van der Waals surface area contributed by atoms with E-state index in [1.807, 2.05) is 35.0 Å². The van der Waals surface area contributed by atoms with Crippen LogP contribution in [0.15, 0.2) is 30.5 Å². The number of nitrogens with zero attached hydrogens (tertiary/aromatic N) is 3. The Morgan fingerprint density at radius 2 is 1.91 bits per heavy atom. The van der Waals surface area contributed by atoms with E-state index in [1.165, 1.54) is 32.1 Å². The SMILES string of the molecule is Clc1ccc(-c2cn3nc(NC4CCCCC4)sc3n2)cc1. The van der Waals surface area contributed by atoms with Crippen molar-refractivity contribution in [3.63, 3.8) is 0 Å². The van der Waals surface area contributed by atoms with E-state index in [0.717, 1.165) is 26.4 Å². The summed E-state index contributed by atoms with van der Waals surface area (Å²) in [7, 11) is 0. The fourth-order valence-corrected chi connectivity index (χ4v) is 3.92. The molecule has 4 rings (SSSR count). The van der Waals surface area contributed by atoms with Crippen LogP contribution in [0.4, 0.5) is 5.13 Å². The number of halogens is 1. The first-order valence-electron chi connectivity index (χ1n) is 7.67. The van der Waals surface area contributed by atoms with Crippen LogP contribution in [0, 0.1) is 0 Å². The third-order valence-electron chi connectivity index (χ3n) is 4.12. The fourth-order valence-electron chi connectivity index (χ4n) is 2.94. The van der Waals surface area contributed by atoms with E-state index in [4.69, 9.17) is 11.6 Å². The van der Waals surface area contributed by atoms with Crippen LogP contribution in [0.2, 0.25) is 5.02 Å². The van der Waals surface area contributed by atoms with Crippen molar-refractivity contribution in [2.75, 3.05) is 5.32 Å². The highest BCUT2D eigenvalue weighted by Gasteiger charge is 2.16. The largest absolute Gasteiger partial charge is 0.357 e. The minimum Gasteiger partial charge on any atom is -0.357 e. The quantitative estimate of drug-likeness (QED) is 0.745. The average Bonchev–Trinajstić information content (AvgIpc) is 3.07. The van der Waals surface area contributed by atoms with Gasteiger partial charge in [-0.1, -0.05) is 54.3 Å². The molecule has 4 nitrogen and oxygen atoms in total.